The number of rotatable bonds is 1. The van der Waals surface area contributed by atoms with Gasteiger partial charge in [0.25, 0.3) is 0 Å². The Morgan fingerprint density at radius 2 is 1.55 bits per heavy atom. The fourth-order valence-electron chi connectivity index (χ4n) is 1.06. The Morgan fingerprint density at radius 1 is 1.09 bits per heavy atom. The lowest BCUT2D eigenvalue weighted by atomic mass is 9.73. The Balaban J connectivity index is 3.25. The van der Waals surface area contributed by atoms with E-state index in [1.807, 2.05) is 0 Å². The van der Waals surface area contributed by atoms with Crippen LogP contribution in [0.3, 0.4) is 0 Å². The lowest BCUT2D eigenvalue weighted by Gasteiger charge is -2.07. The molecule has 1 aromatic carbocycles. The second-order valence-electron chi connectivity index (χ2n) is 2.40. The van der Waals surface area contributed by atoms with Crippen LogP contribution in [0.25, 0.3) is 0 Å². The molecule has 3 atom stereocenters. The molecule has 1 rings (SSSR count). The van der Waals surface area contributed by atoms with Gasteiger partial charge < -0.3 is 0 Å². The molecule has 0 aliphatic heterocycles. The zero-order chi connectivity index (χ0) is 8.43. The molecule has 0 fully saturated rings. The van der Waals surface area contributed by atoms with Crippen molar-refractivity contribution < 1.29 is 0 Å². The van der Waals surface area contributed by atoms with Gasteiger partial charge in [0.1, 0.15) is 7.28 Å². The SMILES string of the molecule is C[B]c1c(P)cc(P)cc1P. The van der Waals surface area contributed by atoms with E-state index in [0.717, 1.165) is 0 Å². The summed E-state index contributed by atoms with van der Waals surface area (Å²) in [5.74, 6) is 0. The zero-order valence-corrected chi connectivity index (χ0v) is 9.93. The highest BCUT2D eigenvalue weighted by Gasteiger charge is 2.00. The van der Waals surface area contributed by atoms with E-state index in [0.29, 0.717) is 0 Å². The van der Waals surface area contributed by atoms with Crippen LogP contribution in [0.4, 0.5) is 0 Å². The van der Waals surface area contributed by atoms with Crippen molar-refractivity contribution in [2.45, 2.75) is 6.82 Å². The van der Waals surface area contributed by atoms with Gasteiger partial charge in [-0.2, -0.15) is 0 Å². The van der Waals surface area contributed by atoms with Gasteiger partial charge in [0.2, 0.25) is 0 Å². The topological polar surface area (TPSA) is 0 Å². The fourth-order valence-corrected chi connectivity index (χ4v) is 3.02. The van der Waals surface area contributed by atoms with Gasteiger partial charge >= 0.3 is 0 Å². The van der Waals surface area contributed by atoms with Gasteiger partial charge in [-0.15, -0.1) is 27.7 Å². The van der Waals surface area contributed by atoms with Crippen molar-refractivity contribution in [3.63, 3.8) is 0 Å². The lowest BCUT2D eigenvalue weighted by Crippen LogP contribution is -2.37. The second-order valence-corrected chi connectivity index (χ2v) is 4.31. The Morgan fingerprint density at radius 3 is 1.91 bits per heavy atom. The molecule has 0 amide bonds. The third kappa shape index (κ3) is 2.25. The molecule has 1 radical (unpaired) electrons. The summed E-state index contributed by atoms with van der Waals surface area (Å²) in [7, 11) is 10.3. The molecule has 0 aliphatic carbocycles. The Labute approximate surface area is 75.8 Å². The highest BCUT2D eigenvalue weighted by Crippen LogP contribution is 1.91. The highest BCUT2D eigenvalue weighted by atomic mass is 31.0. The van der Waals surface area contributed by atoms with Gasteiger partial charge in [0, 0.05) is 0 Å². The normalized spacial score (nSPS) is 9.82. The van der Waals surface area contributed by atoms with Crippen LogP contribution in [-0.4, -0.2) is 7.28 Å². The molecule has 1 aromatic rings. The molecule has 4 heteroatoms. The molecule has 0 heterocycles. The molecular weight excluding hydrogens is 188 g/mol. The van der Waals surface area contributed by atoms with E-state index in [1.54, 1.807) is 0 Å². The van der Waals surface area contributed by atoms with Crippen molar-refractivity contribution in [1.82, 2.24) is 0 Å². The smallest absolute Gasteiger partial charge is 0.106 e. The van der Waals surface area contributed by atoms with Crippen LogP contribution in [0.15, 0.2) is 12.1 Å². The molecule has 0 N–H and O–H groups in total. The summed E-state index contributed by atoms with van der Waals surface area (Å²) in [5.41, 5.74) is 1.30. The fraction of sp³-hybridized carbons (Fsp3) is 0.143. The number of hydrogen-bond acceptors (Lipinski definition) is 0. The van der Waals surface area contributed by atoms with Gasteiger partial charge in [-0.3, -0.25) is 0 Å². The van der Waals surface area contributed by atoms with Gasteiger partial charge in [0.05, 0.1) is 0 Å². The minimum atomic E-state index is 1.23. The molecular formula is C7H11BP3. The van der Waals surface area contributed by atoms with Crippen molar-refractivity contribution in [3.8, 4) is 0 Å². The summed E-state index contributed by atoms with van der Waals surface area (Å²) in [6.45, 7) is 2.05. The molecule has 0 bridgehead atoms. The highest BCUT2D eigenvalue weighted by molar-refractivity contribution is 7.33. The van der Waals surface area contributed by atoms with Gasteiger partial charge in [-0.05, 0) is 28.0 Å². The van der Waals surface area contributed by atoms with Crippen molar-refractivity contribution in [3.05, 3.63) is 12.1 Å². The maximum atomic E-state index is 2.74. The van der Waals surface area contributed by atoms with Gasteiger partial charge in [-0.25, -0.2) is 0 Å². The second kappa shape index (κ2) is 4.00. The molecule has 0 aliphatic rings. The first-order chi connectivity index (χ1) is 5.15. The third-order valence-corrected chi connectivity index (χ3v) is 2.84. The summed E-state index contributed by atoms with van der Waals surface area (Å²) in [6.07, 6.45) is 0. The first kappa shape index (κ1) is 9.66. The predicted molar refractivity (Wildman–Crippen MR) is 65.7 cm³/mol. The van der Waals surface area contributed by atoms with E-state index in [9.17, 15) is 0 Å². The number of hydrogen-bond donors (Lipinski definition) is 0. The van der Waals surface area contributed by atoms with Crippen molar-refractivity contribution in [1.29, 1.82) is 0 Å². The summed E-state index contributed by atoms with van der Waals surface area (Å²) in [5, 5.41) is 3.74. The van der Waals surface area contributed by atoms with Crippen molar-refractivity contribution in [2.24, 2.45) is 0 Å². The lowest BCUT2D eigenvalue weighted by molar-refractivity contribution is 1.99. The van der Waals surface area contributed by atoms with E-state index in [4.69, 9.17) is 0 Å². The van der Waals surface area contributed by atoms with E-state index in [1.165, 1.54) is 21.4 Å². The monoisotopic (exact) mass is 199 g/mol. The quantitative estimate of drug-likeness (QED) is 0.425. The standard InChI is InChI=1S/C7H11BP3/c1-8-7-5(10)2-4(9)3-6(7)11/h2-3H,9-11H2,1H3. The van der Waals surface area contributed by atoms with Crippen LogP contribution in [0.1, 0.15) is 0 Å². The zero-order valence-electron chi connectivity index (χ0n) is 6.46. The van der Waals surface area contributed by atoms with E-state index >= 15 is 0 Å². The number of benzene rings is 1. The van der Waals surface area contributed by atoms with E-state index in [-0.39, 0.29) is 0 Å². The Bertz CT molecular complexity index is 249. The molecule has 57 valence electrons. The Hall–Kier alpha value is 0.575. The first-order valence-corrected chi connectivity index (χ1v) is 5.12. The maximum Gasteiger partial charge on any atom is 0.149 e. The molecule has 0 spiro atoms. The minimum Gasteiger partial charge on any atom is -0.106 e. The molecule has 0 aromatic heterocycles. The predicted octanol–water partition coefficient (Wildman–Crippen LogP) is -0.435. The van der Waals surface area contributed by atoms with E-state index in [2.05, 4.69) is 54.0 Å². The molecule has 0 saturated carbocycles. The van der Waals surface area contributed by atoms with Crippen molar-refractivity contribution >= 4 is 56.4 Å². The van der Waals surface area contributed by atoms with Crippen LogP contribution in [0, 0.1) is 0 Å². The van der Waals surface area contributed by atoms with E-state index < -0.39 is 0 Å². The largest absolute Gasteiger partial charge is 0.149 e. The molecule has 0 nitrogen and oxygen atoms in total. The van der Waals surface area contributed by atoms with Crippen LogP contribution >= 0.6 is 27.7 Å². The average Bonchev–Trinajstić information content (AvgIpc) is 1.85. The molecule has 0 saturated heterocycles. The maximum absolute atomic E-state index is 2.74. The summed E-state index contributed by atoms with van der Waals surface area (Å²) < 4.78 is 0. The van der Waals surface area contributed by atoms with Crippen LogP contribution in [0.5, 0.6) is 0 Å². The summed E-state index contributed by atoms with van der Waals surface area (Å²) in [4.78, 5) is 0. The minimum absolute atomic E-state index is 1.23. The summed E-state index contributed by atoms with van der Waals surface area (Å²) >= 11 is 0. The van der Waals surface area contributed by atoms with Crippen LogP contribution in [-0.2, 0) is 0 Å². The van der Waals surface area contributed by atoms with Crippen molar-refractivity contribution in [2.75, 3.05) is 0 Å². The van der Waals surface area contributed by atoms with Gasteiger partial charge in [0.15, 0.2) is 0 Å². The van der Waals surface area contributed by atoms with Crippen LogP contribution in [0.2, 0.25) is 6.82 Å². The van der Waals surface area contributed by atoms with Gasteiger partial charge in [-0.1, -0.05) is 12.3 Å². The third-order valence-electron chi connectivity index (χ3n) is 1.56. The first-order valence-electron chi connectivity index (χ1n) is 3.39. The summed E-state index contributed by atoms with van der Waals surface area (Å²) in [6, 6.07) is 4.27. The molecule has 3 unspecified atom stereocenters. The van der Waals surface area contributed by atoms with Crippen LogP contribution < -0.4 is 21.4 Å². The Kier molecular flexibility index (Phi) is 3.51. The average molecular weight is 199 g/mol. The molecule has 11 heavy (non-hydrogen) atoms.